The van der Waals surface area contributed by atoms with Gasteiger partial charge in [-0.3, -0.25) is 14.4 Å². The van der Waals surface area contributed by atoms with Gasteiger partial charge in [-0.1, -0.05) is 17.7 Å². The van der Waals surface area contributed by atoms with Gasteiger partial charge >= 0.3 is 0 Å². The fraction of sp³-hybridized carbons (Fsp3) is 0.500. The van der Waals surface area contributed by atoms with E-state index in [0.717, 1.165) is 22.3 Å². The maximum atomic E-state index is 12.7. The van der Waals surface area contributed by atoms with Gasteiger partial charge in [-0.25, -0.2) is 0 Å². The Balaban J connectivity index is 2.06. The third-order valence-electron chi connectivity index (χ3n) is 4.99. The predicted molar refractivity (Wildman–Crippen MR) is 79.2 cm³/mol. The van der Waals surface area contributed by atoms with Crippen molar-refractivity contribution in [1.29, 1.82) is 0 Å². The van der Waals surface area contributed by atoms with Crippen LogP contribution in [0.5, 0.6) is 0 Å². The van der Waals surface area contributed by atoms with Gasteiger partial charge in [0.25, 0.3) is 0 Å². The monoisotopic (exact) mass is 284 g/mol. The first-order valence-corrected chi connectivity index (χ1v) is 7.57. The molecule has 0 bridgehead atoms. The average molecular weight is 284 g/mol. The summed E-state index contributed by atoms with van der Waals surface area (Å²) in [6.07, 6.45) is 1.25. The highest BCUT2D eigenvalue weighted by molar-refractivity contribution is 6.17. The molecule has 0 amide bonds. The number of ketones is 3. The highest BCUT2D eigenvalue weighted by Gasteiger charge is 2.52. The van der Waals surface area contributed by atoms with E-state index in [1.807, 2.05) is 32.9 Å². The Morgan fingerprint density at radius 1 is 0.905 bits per heavy atom. The lowest BCUT2D eigenvalue weighted by Gasteiger charge is -2.20. The van der Waals surface area contributed by atoms with Crippen molar-refractivity contribution < 1.29 is 14.4 Å². The Labute approximate surface area is 124 Å². The van der Waals surface area contributed by atoms with Crippen molar-refractivity contribution in [2.24, 2.45) is 11.8 Å². The van der Waals surface area contributed by atoms with Crippen molar-refractivity contribution in [2.75, 3.05) is 0 Å². The van der Waals surface area contributed by atoms with Gasteiger partial charge in [0.05, 0.1) is 0 Å². The van der Waals surface area contributed by atoms with Crippen LogP contribution in [0.25, 0.3) is 0 Å². The van der Waals surface area contributed by atoms with Gasteiger partial charge < -0.3 is 0 Å². The van der Waals surface area contributed by atoms with Gasteiger partial charge in [0.1, 0.15) is 11.7 Å². The SMILES string of the molecule is Cc1cc(C)c(C2C(=O)C3CCC(=O)CC3C2=O)c(C)c1. The van der Waals surface area contributed by atoms with E-state index < -0.39 is 5.92 Å². The highest BCUT2D eigenvalue weighted by Crippen LogP contribution is 2.44. The molecule has 3 heteroatoms. The maximum absolute atomic E-state index is 12.7. The number of fused-ring (bicyclic) bond motifs is 1. The lowest BCUT2D eigenvalue weighted by molar-refractivity contribution is -0.129. The summed E-state index contributed by atoms with van der Waals surface area (Å²) in [6, 6.07) is 4.05. The average Bonchev–Trinajstić information content (AvgIpc) is 2.62. The van der Waals surface area contributed by atoms with Gasteiger partial charge in [0.15, 0.2) is 11.6 Å². The molecule has 3 rings (SSSR count). The van der Waals surface area contributed by atoms with Gasteiger partial charge in [-0.05, 0) is 43.9 Å². The lowest BCUT2D eigenvalue weighted by atomic mass is 9.80. The maximum Gasteiger partial charge on any atom is 0.152 e. The molecule has 3 unspecified atom stereocenters. The number of aryl methyl sites for hydroxylation is 3. The smallest absolute Gasteiger partial charge is 0.152 e. The van der Waals surface area contributed by atoms with E-state index >= 15 is 0 Å². The molecule has 0 radical (unpaired) electrons. The summed E-state index contributed by atoms with van der Waals surface area (Å²) < 4.78 is 0. The van der Waals surface area contributed by atoms with Crippen molar-refractivity contribution in [1.82, 2.24) is 0 Å². The fourth-order valence-corrected chi connectivity index (χ4v) is 4.15. The molecule has 0 aliphatic heterocycles. The Bertz CT molecular complexity index is 633. The largest absolute Gasteiger partial charge is 0.300 e. The minimum absolute atomic E-state index is 0.0342. The Kier molecular flexibility index (Phi) is 3.31. The van der Waals surface area contributed by atoms with Gasteiger partial charge in [-0.2, -0.15) is 0 Å². The van der Waals surface area contributed by atoms with Crippen LogP contribution in [0.2, 0.25) is 0 Å². The van der Waals surface area contributed by atoms with Crippen LogP contribution in [-0.2, 0) is 14.4 Å². The summed E-state index contributed by atoms with van der Waals surface area (Å²) in [6.45, 7) is 5.94. The van der Waals surface area contributed by atoms with Crippen molar-refractivity contribution in [3.63, 3.8) is 0 Å². The summed E-state index contributed by atoms with van der Waals surface area (Å²) in [7, 11) is 0. The molecule has 110 valence electrons. The van der Waals surface area contributed by atoms with E-state index in [4.69, 9.17) is 0 Å². The third kappa shape index (κ3) is 2.15. The Hall–Kier alpha value is -1.77. The normalized spacial score (nSPS) is 28.9. The molecular formula is C18H20O3. The fourth-order valence-electron chi connectivity index (χ4n) is 4.15. The minimum atomic E-state index is -0.647. The number of hydrogen-bond donors (Lipinski definition) is 0. The van der Waals surface area contributed by atoms with Crippen LogP contribution in [0.3, 0.4) is 0 Å². The molecule has 0 heterocycles. The van der Waals surface area contributed by atoms with Gasteiger partial charge in [-0.15, -0.1) is 0 Å². The van der Waals surface area contributed by atoms with E-state index in [0.29, 0.717) is 12.8 Å². The number of benzene rings is 1. The molecule has 0 aromatic heterocycles. The minimum Gasteiger partial charge on any atom is -0.300 e. The van der Waals surface area contributed by atoms with Crippen LogP contribution in [0.4, 0.5) is 0 Å². The number of carbonyl (C=O) groups excluding carboxylic acids is 3. The van der Waals surface area contributed by atoms with E-state index in [2.05, 4.69) is 0 Å². The number of Topliss-reactive ketones (excluding diaryl/α,β-unsaturated/α-hetero) is 3. The van der Waals surface area contributed by atoms with E-state index in [9.17, 15) is 14.4 Å². The van der Waals surface area contributed by atoms with Crippen LogP contribution in [-0.4, -0.2) is 17.3 Å². The van der Waals surface area contributed by atoms with Crippen LogP contribution < -0.4 is 0 Å². The quantitative estimate of drug-likeness (QED) is 0.745. The Morgan fingerprint density at radius 3 is 2.10 bits per heavy atom. The summed E-state index contributed by atoms with van der Waals surface area (Å²) in [5.41, 5.74) is 4.02. The van der Waals surface area contributed by atoms with Crippen molar-refractivity contribution in [3.8, 4) is 0 Å². The van der Waals surface area contributed by atoms with Crippen molar-refractivity contribution in [2.45, 2.75) is 46.0 Å². The standard InChI is InChI=1S/C18H20O3/c1-9-6-10(2)15(11(3)7-9)16-17(20)13-5-4-12(19)8-14(13)18(16)21/h6-7,13-14,16H,4-5,8H2,1-3H3. The Morgan fingerprint density at radius 2 is 1.48 bits per heavy atom. The van der Waals surface area contributed by atoms with Crippen LogP contribution in [0.1, 0.15) is 47.4 Å². The molecule has 2 aliphatic rings. The number of rotatable bonds is 1. The molecule has 2 aliphatic carbocycles. The van der Waals surface area contributed by atoms with Crippen LogP contribution in [0, 0.1) is 32.6 Å². The second-order valence-corrected chi connectivity index (χ2v) is 6.54. The number of carbonyl (C=O) groups is 3. The summed E-state index contributed by atoms with van der Waals surface area (Å²) >= 11 is 0. The van der Waals surface area contributed by atoms with Crippen LogP contribution in [0.15, 0.2) is 12.1 Å². The second kappa shape index (κ2) is 4.90. The molecular weight excluding hydrogens is 264 g/mol. The topological polar surface area (TPSA) is 51.2 Å². The zero-order valence-electron chi connectivity index (χ0n) is 12.7. The van der Waals surface area contributed by atoms with Crippen molar-refractivity contribution in [3.05, 3.63) is 34.4 Å². The molecule has 0 N–H and O–H groups in total. The van der Waals surface area contributed by atoms with E-state index in [1.54, 1.807) is 0 Å². The zero-order chi connectivity index (χ0) is 15.3. The molecule has 2 saturated carbocycles. The summed E-state index contributed by atoms with van der Waals surface area (Å²) in [5, 5.41) is 0. The summed E-state index contributed by atoms with van der Waals surface area (Å²) in [4.78, 5) is 37.0. The molecule has 3 atom stereocenters. The predicted octanol–water partition coefficient (Wildman–Crippen LogP) is 2.83. The van der Waals surface area contributed by atoms with Crippen LogP contribution >= 0.6 is 0 Å². The first-order chi connectivity index (χ1) is 9.90. The number of hydrogen-bond acceptors (Lipinski definition) is 3. The molecule has 0 saturated heterocycles. The first kappa shape index (κ1) is 14.2. The first-order valence-electron chi connectivity index (χ1n) is 7.57. The molecule has 1 aromatic rings. The molecule has 1 aromatic carbocycles. The second-order valence-electron chi connectivity index (χ2n) is 6.54. The molecule has 21 heavy (non-hydrogen) atoms. The molecule has 3 nitrogen and oxygen atoms in total. The third-order valence-corrected chi connectivity index (χ3v) is 4.99. The van der Waals surface area contributed by atoms with Gasteiger partial charge in [0.2, 0.25) is 0 Å². The zero-order valence-corrected chi connectivity index (χ0v) is 12.7. The van der Waals surface area contributed by atoms with Crippen molar-refractivity contribution >= 4 is 17.3 Å². The molecule has 2 fully saturated rings. The lowest BCUT2D eigenvalue weighted by Crippen LogP contribution is -2.26. The molecule has 0 spiro atoms. The van der Waals surface area contributed by atoms with Gasteiger partial charge in [0, 0.05) is 24.7 Å². The summed E-state index contributed by atoms with van der Waals surface area (Å²) in [5.74, 6) is -1.13. The van der Waals surface area contributed by atoms with E-state index in [1.165, 1.54) is 0 Å². The van der Waals surface area contributed by atoms with E-state index in [-0.39, 0.29) is 35.6 Å². The highest BCUT2D eigenvalue weighted by atomic mass is 16.2.